The number of hydrogen-bond acceptors (Lipinski definition) is 4. The van der Waals surface area contributed by atoms with E-state index in [0.29, 0.717) is 30.6 Å². The summed E-state index contributed by atoms with van der Waals surface area (Å²) in [5, 5.41) is 2.03. The standard InChI is InChI=1S/C20H20N2O2S/c1-2-22(13-16-9-6-12-25-16)20(23)17-18(14-10-11-14)24-19(21-17)15-7-4-3-5-8-15/h3-9,12,14H,2,10-11,13H2,1H3. The van der Waals surface area contributed by atoms with Crippen LogP contribution in [0.1, 0.15) is 46.8 Å². The lowest BCUT2D eigenvalue weighted by atomic mass is 10.2. The van der Waals surface area contributed by atoms with Crippen LogP contribution in [0.4, 0.5) is 0 Å². The average molecular weight is 352 g/mol. The number of carbonyl (C=O) groups is 1. The van der Waals surface area contributed by atoms with Gasteiger partial charge in [0.2, 0.25) is 5.89 Å². The van der Waals surface area contributed by atoms with Gasteiger partial charge in [0.1, 0.15) is 5.76 Å². The highest BCUT2D eigenvalue weighted by atomic mass is 32.1. The van der Waals surface area contributed by atoms with E-state index < -0.39 is 0 Å². The molecule has 0 aliphatic heterocycles. The van der Waals surface area contributed by atoms with Crippen molar-refractivity contribution in [2.24, 2.45) is 0 Å². The fraction of sp³-hybridized carbons (Fsp3) is 0.300. The molecule has 4 nitrogen and oxygen atoms in total. The summed E-state index contributed by atoms with van der Waals surface area (Å²) in [6.45, 7) is 3.26. The fourth-order valence-electron chi connectivity index (χ4n) is 2.88. The Morgan fingerprint density at radius 3 is 2.68 bits per heavy atom. The number of rotatable bonds is 6. The first-order valence-electron chi connectivity index (χ1n) is 8.64. The molecule has 2 heterocycles. The Bertz CT molecular complexity index is 851. The zero-order valence-corrected chi connectivity index (χ0v) is 15.0. The Morgan fingerprint density at radius 1 is 1.24 bits per heavy atom. The predicted octanol–water partition coefficient (Wildman–Crippen LogP) is 4.94. The molecular weight excluding hydrogens is 332 g/mol. The van der Waals surface area contributed by atoms with Crippen LogP contribution in [0.25, 0.3) is 11.5 Å². The van der Waals surface area contributed by atoms with Crippen LogP contribution in [0.3, 0.4) is 0 Å². The Kier molecular flexibility index (Phi) is 4.40. The number of aromatic nitrogens is 1. The topological polar surface area (TPSA) is 46.3 Å². The van der Waals surface area contributed by atoms with Gasteiger partial charge in [0.15, 0.2) is 5.69 Å². The van der Waals surface area contributed by atoms with Crippen LogP contribution in [-0.4, -0.2) is 22.3 Å². The molecule has 1 saturated carbocycles. The fourth-order valence-corrected chi connectivity index (χ4v) is 3.60. The lowest BCUT2D eigenvalue weighted by molar-refractivity contribution is 0.0746. The molecule has 1 amide bonds. The number of oxazole rings is 1. The van der Waals surface area contributed by atoms with Crippen LogP contribution in [-0.2, 0) is 6.54 Å². The van der Waals surface area contributed by atoms with E-state index in [2.05, 4.69) is 11.1 Å². The van der Waals surface area contributed by atoms with Crippen LogP contribution in [0, 0.1) is 0 Å². The van der Waals surface area contributed by atoms with Gasteiger partial charge in [-0.05, 0) is 43.3 Å². The zero-order chi connectivity index (χ0) is 17.2. The van der Waals surface area contributed by atoms with Gasteiger partial charge in [0.05, 0.1) is 6.54 Å². The van der Waals surface area contributed by atoms with E-state index in [9.17, 15) is 4.79 Å². The number of thiophene rings is 1. The molecule has 0 bridgehead atoms. The van der Waals surface area contributed by atoms with Crippen molar-refractivity contribution in [3.63, 3.8) is 0 Å². The van der Waals surface area contributed by atoms with Gasteiger partial charge >= 0.3 is 0 Å². The van der Waals surface area contributed by atoms with Gasteiger partial charge in [0, 0.05) is 22.9 Å². The lowest BCUT2D eigenvalue weighted by Gasteiger charge is -2.19. The summed E-state index contributed by atoms with van der Waals surface area (Å²) in [6.07, 6.45) is 2.14. The van der Waals surface area contributed by atoms with Gasteiger partial charge in [-0.25, -0.2) is 4.98 Å². The van der Waals surface area contributed by atoms with Crippen molar-refractivity contribution < 1.29 is 9.21 Å². The third-order valence-electron chi connectivity index (χ3n) is 4.42. The Labute approximate surface area is 151 Å². The molecule has 128 valence electrons. The highest BCUT2D eigenvalue weighted by Gasteiger charge is 2.35. The first kappa shape index (κ1) is 16.1. The molecule has 2 aromatic heterocycles. The summed E-state index contributed by atoms with van der Waals surface area (Å²) in [7, 11) is 0. The third kappa shape index (κ3) is 3.37. The second-order valence-electron chi connectivity index (χ2n) is 6.27. The maximum atomic E-state index is 13.1. The molecular formula is C20H20N2O2S. The zero-order valence-electron chi connectivity index (χ0n) is 14.1. The van der Waals surface area contributed by atoms with E-state index in [1.54, 1.807) is 11.3 Å². The summed E-state index contributed by atoms with van der Waals surface area (Å²) in [4.78, 5) is 20.7. The molecule has 0 radical (unpaired) electrons. The maximum Gasteiger partial charge on any atom is 0.276 e. The average Bonchev–Trinajstić information content (AvgIpc) is 3.19. The lowest BCUT2D eigenvalue weighted by Crippen LogP contribution is -2.30. The van der Waals surface area contributed by atoms with Crippen LogP contribution >= 0.6 is 11.3 Å². The van der Waals surface area contributed by atoms with Crippen LogP contribution < -0.4 is 0 Å². The van der Waals surface area contributed by atoms with E-state index in [0.717, 1.165) is 24.2 Å². The number of amides is 1. The molecule has 0 N–H and O–H groups in total. The van der Waals surface area contributed by atoms with Gasteiger partial charge in [-0.2, -0.15) is 0 Å². The number of nitrogens with zero attached hydrogens (tertiary/aromatic N) is 2. The van der Waals surface area contributed by atoms with Crippen molar-refractivity contribution in [1.29, 1.82) is 0 Å². The molecule has 0 spiro atoms. The molecule has 1 aromatic carbocycles. The molecule has 5 heteroatoms. The van der Waals surface area contributed by atoms with Crippen molar-refractivity contribution in [1.82, 2.24) is 9.88 Å². The number of carbonyl (C=O) groups excluding carboxylic acids is 1. The summed E-state index contributed by atoms with van der Waals surface area (Å²) in [5.41, 5.74) is 1.39. The van der Waals surface area contributed by atoms with Gasteiger partial charge < -0.3 is 9.32 Å². The van der Waals surface area contributed by atoms with Crippen molar-refractivity contribution in [2.75, 3.05) is 6.54 Å². The van der Waals surface area contributed by atoms with Crippen LogP contribution in [0.15, 0.2) is 52.3 Å². The maximum absolute atomic E-state index is 13.1. The second-order valence-corrected chi connectivity index (χ2v) is 7.30. The number of benzene rings is 1. The summed E-state index contributed by atoms with van der Waals surface area (Å²) < 4.78 is 6.02. The van der Waals surface area contributed by atoms with Gasteiger partial charge in [-0.1, -0.05) is 24.3 Å². The minimum absolute atomic E-state index is 0.0382. The molecule has 0 unspecified atom stereocenters. The van der Waals surface area contributed by atoms with E-state index in [1.165, 1.54) is 4.88 Å². The second kappa shape index (κ2) is 6.84. The Hall–Kier alpha value is -2.40. The van der Waals surface area contributed by atoms with Gasteiger partial charge in [-0.3, -0.25) is 4.79 Å². The molecule has 0 atom stereocenters. The molecule has 0 saturated heterocycles. The summed E-state index contributed by atoms with van der Waals surface area (Å²) >= 11 is 1.67. The van der Waals surface area contributed by atoms with Crippen molar-refractivity contribution in [3.8, 4) is 11.5 Å². The monoisotopic (exact) mass is 352 g/mol. The first-order chi connectivity index (χ1) is 12.3. The first-order valence-corrected chi connectivity index (χ1v) is 9.52. The van der Waals surface area contributed by atoms with Gasteiger partial charge in [0.25, 0.3) is 5.91 Å². The van der Waals surface area contributed by atoms with E-state index in [-0.39, 0.29) is 5.91 Å². The Balaban J connectivity index is 1.66. The van der Waals surface area contributed by atoms with E-state index >= 15 is 0 Å². The van der Waals surface area contributed by atoms with Crippen molar-refractivity contribution >= 4 is 17.2 Å². The highest BCUT2D eigenvalue weighted by molar-refractivity contribution is 7.09. The van der Waals surface area contributed by atoms with E-state index in [4.69, 9.17) is 4.42 Å². The quantitative estimate of drug-likeness (QED) is 0.631. The molecule has 1 fully saturated rings. The minimum Gasteiger partial charge on any atom is -0.440 e. The summed E-state index contributed by atoms with van der Waals surface area (Å²) in [5.74, 6) is 1.60. The predicted molar refractivity (Wildman–Crippen MR) is 98.6 cm³/mol. The van der Waals surface area contributed by atoms with E-state index in [1.807, 2.05) is 53.6 Å². The SMILES string of the molecule is CCN(Cc1cccs1)C(=O)c1nc(-c2ccccc2)oc1C1CC1. The van der Waals surface area contributed by atoms with Crippen molar-refractivity contribution in [2.45, 2.75) is 32.2 Å². The van der Waals surface area contributed by atoms with Crippen LogP contribution in [0.5, 0.6) is 0 Å². The minimum atomic E-state index is -0.0382. The third-order valence-corrected chi connectivity index (χ3v) is 5.28. The molecule has 1 aliphatic carbocycles. The van der Waals surface area contributed by atoms with Crippen LogP contribution in [0.2, 0.25) is 0 Å². The highest BCUT2D eigenvalue weighted by Crippen LogP contribution is 2.43. The molecule has 1 aliphatic rings. The largest absolute Gasteiger partial charge is 0.440 e. The molecule has 4 rings (SSSR count). The molecule has 25 heavy (non-hydrogen) atoms. The summed E-state index contributed by atoms with van der Waals surface area (Å²) in [6, 6.07) is 13.8. The normalized spacial score (nSPS) is 13.8. The van der Waals surface area contributed by atoms with Gasteiger partial charge in [-0.15, -0.1) is 11.3 Å². The number of hydrogen-bond donors (Lipinski definition) is 0. The van der Waals surface area contributed by atoms with Crippen molar-refractivity contribution in [3.05, 3.63) is 64.2 Å². The smallest absolute Gasteiger partial charge is 0.276 e. The Morgan fingerprint density at radius 2 is 2.04 bits per heavy atom. The molecule has 3 aromatic rings.